The fraction of sp³-hybridized carbons (Fsp3) is 0.364. The van der Waals surface area contributed by atoms with Crippen LogP contribution in [0.4, 0.5) is 10.1 Å². The molecule has 16 heavy (non-hydrogen) atoms. The van der Waals surface area contributed by atoms with Gasteiger partial charge in [0.25, 0.3) is 0 Å². The Hall–Kier alpha value is -1.13. The molecule has 0 spiro atoms. The number of carbonyl (C=O) groups excluding carboxylic acids is 1. The number of amides is 1. The third-order valence-corrected chi connectivity index (χ3v) is 2.00. The molecule has 90 valence electrons. The molecule has 0 radical (unpaired) electrons. The van der Waals surface area contributed by atoms with Gasteiger partial charge in [0.15, 0.2) is 0 Å². The number of aryl methyl sites for hydroxylation is 1. The van der Waals surface area contributed by atoms with Gasteiger partial charge in [0.2, 0.25) is 5.91 Å². The topological polar surface area (TPSA) is 55.1 Å². The number of halogens is 2. The van der Waals surface area contributed by atoms with E-state index in [-0.39, 0.29) is 24.0 Å². The number of nitrogens with one attached hydrogen (secondary N) is 1. The van der Waals surface area contributed by atoms with E-state index in [1.54, 1.807) is 12.1 Å². The molecule has 3 nitrogen and oxygen atoms in total. The molecule has 1 aromatic carbocycles. The number of hydrogen-bond acceptors (Lipinski definition) is 2. The molecule has 1 rings (SSSR count). The molecule has 0 atom stereocenters. The van der Waals surface area contributed by atoms with Crippen molar-refractivity contribution in [3.63, 3.8) is 0 Å². The Morgan fingerprint density at radius 2 is 2.19 bits per heavy atom. The van der Waals surface area contributed by atoms with E-state index in [2.05, 4.69) is 5.32 Å². The molecule has 5 heteroatoms. The first-order valence-corrected chi connectivity index (χ1v) is 4.89. The van der Waals surface area contributed by atoms with Crippen molar-refractivity contribution in [3.8, 4) is 0 Å². The van der Waals surface area contributed by atoms with Crippen LogP contribution in [0.5, 0.6) is 0 Å². The highest BCUT2D eigenvalue weighted by Crippen LogP contribution is 2.15. The Morgan fingerprint density at radius 1 is 1.50 bits per heavy atom. The second kappa shape index (κ2) is 7.19. The van der Waals surface area contributed by atoms with Crippen molar-refractivity contribution in [2.75, 3.05) is 11.9 Å². The lowest BCUT2D eigenvalue weighted by Gasteiger charge is -2.06. The largest absolute Gasteiger partial charge is 0.330 e. The molecule has 0 unspecified atom stereocenters. The normalized spacial score (nSPS) is 9.44. The Labute approximate surface area is 101 Å². The number of rotatable bonds is 4. The highest BCUT2D eigenvalue weighted by molar-refractivity contribution is 5.90. The van der Waals surface area contributed by atoms with Crippen LogP contribution in [0.25, 0.3) is 0 Å². The molecule has 0 aliphatic rings. The molecule has 1 amide bonds. The number of carbonyl (C=O) groups is 1. The van der Waals surface area contributed by atoms with E-state index in [4.69, 9.17) is 5.73 Å². The zero-order valence-electron chi connectivity index (χ0n) is 9.13. The molecule has 0 saturated carbocycles. The number of nitrogens with two attached hydrogens (primary N) is 1. The average Bonchev–Trinajstić information content (AvgIpc) is 2.20. The van der Waals surface area contributed by atoms with Crippen LogP contribution in [-0.2, 0) is 4.79 Å². The Morgan fingerprint density at radius 3 is 2.81 bits per heavy atom. The van der Waals surface area contributed by atoms with Gasteiger partial charge >= 0.3 is 0 Å². The van der Waals surface area contributed by atoms with Gasteiger partial charge in [-0.15, -0.1) is 12.4 Å². The smallest absolute Gasteiger partial charge is 0.224 e. The fourth-order valence-electron chi connectivity index (χ4n) is 1.21. The van der Waals surface area contributed by atoms with Crippen molar-refractivity contribution in [1.29, 1.82) is 0 Å². The predicted molar refractivity (Wildman–Crippen MR) is 65.3 cm³/mol. The van der Waals surface area contributed by atoms with E-state index in [1.165, 1.54) is 6.07 Å². The molecule has 3 N–H and O–H groups in total. The molecule has 0 saturated heterocycles. The van der Waals surface area contributed by atoms with Crippen molar-refractivity contribution >= 4 is 24.0 Å². The molecular formula is C11H16ClFN2O. The van der Waals surface area contributed by atoms with Crippen molar-refractivity contribution < 1.29 is 9.18 Å². The van der Waals surface area contributed by atoms with E-state index in [9.17, 15) is 9.18 Å². The van der Waals surface area contributed by atoms with Crippen molar-refractivity contribution in [2.45, 2.75) is 19.8 Å². The van der Waals surface area contributed by atoms with Crippen LogP contribution >= 0.6 is 12.4 Å². The van der Waals surface area contributed by atoms with Gasteiger partial charge in [-0.3, -0.25) is 4.79 Å². The Balaban J connectivity index is 0.00000225. The summed E-state index contributed by atoms with van der Waals surface area (Å²) in [5, 5.41) is 2.52. The molecular weight excluding hydrogens is 231 g/mol. The molecule has 0 fully saturated rings. The van der Waals surface area contributed by atoms with Crippen LogP contribution in [0.1, 0.15) is 18.4 Å². The van der Waals surface area contributed by atoms with Gasteiger partial charge in [-0.2, -0.15) is 0 Å². The maximum atomic E-state index is 13.2. The molecule has 0 aliphatic carbocycles. The summed E-state index contributed by atoms with van der Waals surface area (Å²) in [6.45, 7) is 2.30. The van der Waals surface area contributed by atoms with Gasteiger partial charge in [0, 0.05) is 6.42 Å². The minimum Gasteiger partial charge on any atom is -0.330 e. The highest BCUT2D eigenvalue weighted by atomic mass is 35.5. The molecule has 0 aromatic heterocycles. The van der Waals surface area contributed by atoms with Gasteiger partial charge in [-0.1, -0.05) is 6.07 Å². The summed E-state index contributed by atoms with van der Waals surface area (Å²) < 4.78 is 13.2. The molecule has 0 aliphatic heterocycles. The minimum atomic E-state index is -0.415. The van der Waals surface area contributed by atoms with Gasteiger partial charge in [-0.25, -0.2) is 4.39 Å². The van der Waals surface area contributed by atoms with Crippen molar-refractivity contribution in [1.82, 2.24) is 0 Å². The predicted octanol–water partition coefficient (Wildman–Crippen LogP) is 2.23. The molecule has 1 aromatic rings. The lowest BCUT2D eigenvalue weighted by molar-refractivity contribution is -0.116. The van der Waals surface area contributed by atoms with Crippen LogP contribution in [0.3, 0.4) is 0 Å². The van der Waals surface area contributed by atoms with Crippen LogP contribution < -0.4 is 11.1 Å². The van der Waals surface area contributed by atoms with Gasteiger partial charge < -0.3 is 11.1 Å². The maximum absolute atomic E-state index is 13.2. The second-order valence-corrected chi connectivity index (χ2v) is 3.42. The Bertz CT molecular complexity index is 358. The lowest BCUT2D eigenvalue weighted by atomic mass is 10.2. The van der Waals surface area contributed by atoms with Crippen molar-refractivity contribution in [2.24, 2.45) is 5.73 Å². The summed E-state index contributed by atoms with van der Waals surface area (Å²) in [7, 11) is 0. The standard InChI is InChI=1S/C11H15FN2O.ClH/c1-8-4-5-9(12)10(7-8)14-11(15)3-2-6-13;/h4-5,7H,2-3,6,13H2,1H3,(H,14,15);1H. The monoisotopic (exact) mass is 246 g/mol. The zero-order chi connectivity index (χ0) is 11.3. The quantitative estimate of drug-likeness (QED) is 0.856. The van der Waals surface area contributed by atoms with E-state index in [0.717, 1.165) is 5.56 Å². The summed E-state index contributed by atoms with van der Waals surface area (Å²) in [6.07, 6.45) is 0.934. The summed E-state index contributed by atoms with van der Waals surface area (Å²) in [5.74, 6) is -0.619. The minimum absolute atomic E-state index is 0. The van der Waals surface area contributed by atoms with Gasteiger partial charge in [-0.05, 0) is 37.6 Å². The third kappa shape index (κ3) is 4.59. The van der Waals surface area contributed by atoms with Crippen molar-refractivity contribution in [3.05, 3.63) is 29.6 Å². The van der Waals surface area contributed by atoms with Gasteiger partial charge in [0.05, 0.1) is 5.69 Å². The molecule has 0 heterocycles. The van der Waals surface area contributed by atoms with E-state index in [1.807, 2.05) is 6.92 Å². The maximum Gasteiger partial charge on any atom is 0.224 e. The zero-order valence-corrected chi connectivity index (χ0v) is 9.94. The summed E-state index contributed by atoms with van der Waals surface area (Å²) in [4.78, 5) is 11.3. The van der Waals surface area contributed by atoms with E-state index in [0.29, 0.717) is 19.4 Å². The summed E-state index contributed by atoms with van der Waals surface area (Å²) in [6, 6.07) is 4.61. The fourth-order valence-corrected chi connectivity index (χ4v) is 1.21. The first kappa shape index (κ1) is 14.9. The highest BCUT2D eigenvalue weighted by Gasteiger charge is 2.06. The van der Waals surface area contributed by atoms with Crippen LogP contribution in [0, 0.1) is 12.7 Å². The average molecular weight is 247 g/mol. The third-order valence-electron chi connectivity index (χ3n) is 2.00. The molecule has 0 bridgehead atoms. The number of anilines is 1. The first-order chi connectivity index (χ1) is 7.13. The van der Waals surface area contributed by atoms with E-state index >= 15 is 0 Å². The van der Waals surface area contributed by atoms with E-state index < -0.39 is 5.82 Å². The summed E-state index contributed by atoms with van der Waals surface area (Å²) in [5.41, 5.74) is 6.41. The van der Waals surface area contributed by atoms with Crippen LogP contribution in [-0.4, -0.2) is 12.5 Å². The second-order valence-electron chi connectivity index (χ2n) is 3.42. The summed E-state index contributed by atoms with van der Waals surface area (Å²) >= 11 is 0. The van der Waals surface area contributed by atoms with Gasteiger partial charge in [0.1, 0.15) is 5.82 Å². The number of hydrogen-bond donors (Lipinski definition) is 2. The Kier molecular flexibility index (Phi) is 6.69. The number of benzene rings is 1. The SMILES string of the molecule is Cc1ccc(F)c(NC(=O)CCCN)c1.Cl. The van der Waals surface area contributed by atoms with Crippen LogP contribution in [0.15, 0.2) is 18.2 Å². The lowest BCUT2D eigenvalue weighted by Crippen LogP contribution is -2.14. The van der Waals surface area contributed by atoms with Crippen LogP contribution in [0.2, 0.25) is 0 Å². The first-order valence-electron chi connectivity index (χ1n) is 4.89.